The van der Waals surface area contributed by atoms with Gasteiger partial charge in [0.15, 0.2) is 0 Å². The molecule has 1 saturated heterocycles. The van der Waals surface area contributed by atoms with Gasteiger partial charge < -0.3 is 15.8 Å². The summed E-state index contributed by atoms with van der Waals surface area (Å²) in [5.41, 5.74) is 7.76. The van der Waals surface area contributed by atoms with E-state index in [0.29, 0.717) is 6.04 Å². The molecule has 1 aromatic carbocycles. The van der Waals surface area contributed by atoms with E-state index in [4.69, 9.17) is 10.5 Å². The molecule has 1 atom stereocenters. The van der Waals surface area contributed by atoms with E-state index in [1.54, 1.807) is 0 Å². The van der Waals surface area contributed by atoms with Crippen LogP contribution in [0.3, 0.4) is 0 Å². The number of halogens is 1. The lowest BCUT2D eigenvalue weighted by Gasteiger charge is -2.24. The number of hydrogen-bond acceptors (Lipinski definition) is 3. The zero-order valence-corrected chi connectivity index (χ0v) is 10.7. The predicted molar refractivity (Wildman–Crippen MR) is 71.0 cm³/mol. The van der Waals surface area contributed by atoms with E-state index in [9.17, 15) is 0 Å². The average Bonchev–Trinajstić information content (AvgIpc) is 2.24. The van der Waals surface area contributed by atoms with Gasteiger partial charge in [0.25, 0.3) is 0 Å². The number of ether oxygens (including phenoxy) is 1. The molecule has 1 aliphatic heterocycles. The summed E-state index contributed by atoms with van der Waals surface area (Å²) in [6.07, 6.45) is 2.29. The van der Waals surface area contributed by atoms with Crippen LogP contribution in [0.1, 0.15) is 12.8 Å². The lowest BCUT2D eigenvalue weighted by Crippen LogP contribution is -2.30. The van der Waals surface area contributed by atoms with E-state index in [2.05, 4.69) is 34.0 Å². The van der Waals surface area contributed by atoms with Crippen LogP contribution in [0.25, 0.3) is 0 Å². The van der Waals surface area contributed by atoms with Gasteiger partial charge in [-0.3, -0.25) is 0 Å². The molecule has 82 valence electrons. The van der Waals surface area contributed by atoms with E-state index < -0.39 is 0 Å². The average molecular weight is 318 g/mol. The summed E-state index contributed by atoms with van der Waals surface area (Å²) < 4.78 is 6.58. The molecule has 0 spiro atoms. The normalized spacial score (nSPS) is 21.3. The SMILES string of the molecule is Nc1cc(I)ccc1NC1CCCOC1. The Morgan fingerprint density at radius 2 is 2.33 bits per heavy atom. The molecule has 0 saturated carbocycles. The highest BCUT2D eigenvalue weighted by Crippen LogP contribution is 2.23. The molecule has 0 amide bonds. The van der Waals surface area contributed by atoms with Gasteiger partial charge in [0.2, 0.25) is 0 Å². The second-order valence-corrected chi connectivity index (χ2v) is 5.04. The molecule has 1 unspecified atom stereocenters. The van der Waals surface area contributed by atoms with E-state index in [0.717, 1.165) is 41.0 Å². The molecular formula is C11H15IN2O. The van der Waals surface area contributed by atoms with Crippen LogP contribution in [0.5, 0.6) is 0 Å². The van der Waals surface area contributed by atoms with Gasteiger partial charge in [-0.25, -0.2) is 0 Å². The molecule has 3 nitrogen and oxygen atoms in total. The lowest BCUT2D eigenvalue weighted by molar-refractivity contribution is 0.0876. The van der Waals surface area contributed by atoms with E-state index in [1.165, 1.54) is 0 Å². The number of rotatable bonds is 2. The van der Waals surface area contributed by atoms with Gasteiger partial charge in [-0.2, -0.15) is 0 Å². The summed E-state index contributed by atoms with van der Waals surface area (Å²) in [5, 5.41) is 3.42. The largest absolute Gasteiger partial charge is 0.397 e. The Bertz CT molecular complexity index is 337. The Morgan fingerprint density at radius 3 is 3.00 bits per heavy atom. The van der Waals surface area contributed by atoms with Gasteiger partial charge in [-0.05, 0) is 53.6 Å². The zero-order chi connectivity index (χ0) is 10.7. The maximum Gasteiger partial charge on any atom is 0.0667 e. The predicted octanol–water partition coefficient (Wildman–Crippen LogP) is 2.46. The fourth-order valence-electron chi connectivity index (χ4n) is 1.74. The van der Waals surface area contributed by atoms with Gasteiger partial charge in [0, 0.05) is 16.2 Å². The van der Waals surface area contributed by atoms with Crippen LogP contribution in [-0.2, 0) is 4.74 Å². The standard InChI is InChI=1S/C11H15IN2O/c12-8-3-4-11(10(13)6-8)14-9-2-1-5-15-7-9/h3-4,6,9,14H,1-2,5,7,13H2. The smallest absolute Gasteiger partial charge is 0.0667 e. The molecule has 0 radical (unpaired) electrons. The third-order valence-corrected chi connectivity index (χ3v) is 3.20. The Balaban J connectivity index is 2.03. The number of nitrogens with two attached hydrogens (primary N) is 1. The first-order chi connectivity index (χ1) is 7.25. The molecule has 4 heteroatoms. The fourth-order valence-corrected chi connectivity index (χ4v) is 2.25. The van der Waals surface area contributed by atoms with Gasteiger partial charge in [-0.1, -0.05) is 0 Å². The van der Waals surface area contributed by atoms with Crippen LogP contribution in [0, 0.1) is 3.57 Å². The molecule has 0 aliphatic carbocycles. The lowest BCUT2D eigenvalue weighted by atomic mass is 10.1. The third-order valence-electron chi connectivity index (χ3n) is 2.53. The van der Waals surface area contributed by atoms with Gasteiger partial charge in [0.05, 0.1) is 18.0 Å². The minimum absolute atomic E-state index is 0.404. The monoisotopic (exact) mass is 318 g/mol. The fraction of sp³-hybridized carbons (Fsp3) is 0.455. The molecule has 1 aromatic rings. The van der Waals surface area contributed by atoms with Crippen molar-refractivity contribution in [1.29, 1.82) is 0 Å². The maximum absolute atomic E-state index is 5.93. The number of anilines is 2. The van der Waals surface area contributed by atoms with Crippen LogP contribution in [0.2, 0.25) is 0 Å². The topological polar surface area (TPSA) is 47.3 Å². The van der Waals surface area contributed by atoms with Crippen molar-refractivity contribution in [2.45, 2.75) is 18.9 Å². The van der Waals surface area contributed by atoms with Gasteiger partial charge >= 0.3 is 0 Å². The van der Waals surface area contributed by atoms with Crippen molar-refractivity contribution in [3.8, 4) is 0 Å². The third kappa shape index (κ3) is 2.98. The number of nitrogen functional groups attached to an aromatic ring is 1. The minimum Gasteiger partial charge on any atom is -0.397 e. The van der Waals surface area contributed by atoms with Crippen molar-refractivity contribution in [1.82, 2.24) is 0 Å². The molecule has 1 aliphatic rings. The van der Waals surface area contributed by atoms with E-state index in [-0.39, 0.29) is 0 Å². The molecule has 2 rings (SSSR count). The highest BCUT2D eigenvalue weighted by atomic mass is 127. The molecular weight excluding hydrogens is 303 g/mol. The van der Waals surface area contributed by atoms with Crippen molar-refractivity contribution in [3.05, 3.63) is 21.8 Å². The minimum atomic E-state index is 0.404. The summed E-state index contributed by atoms with van der Waals surface area (Å²) in [5.74, 6) is 0. The van der Waals surface area contributed by atoms with Crippen LogP contribution in [0.4, 0.5) is 11.4 Å². The number of nitrogens with one attached hydrogen (secondary N) is 1. The van der Waals surface area contributed by atoms with Crippen molar-refractivity contribution in [2.75, 3.05) is 24.3 Å². The summed E-state index contributed by atoms with van der Waals surface area (Å²) >= 11 is 2.26. The zero-order valence-electron chi connectivity index (χ0n) is 8.50. The maximum atomic E-state index is 5.93. The van der Waals surface area contributed by atoms with Crippen LogP contribution >= 0.6 is 22.6 Å². The van der Waals surface area contributed by atoms with Crippen molar-refractivity contribution >= 4 is 34.0 Å². The summed E-state index contributed by atoms with van der Waals surface area (Å²) in [4.78, 5) is 0. The summed E-state index contributed by atoms with van der Waals surface area (Å²) in [7, 11) is 0. The highest BCUT2D eigenvalue weighted by Gasteiger charge is 2.14. The van der Waals surface area contributed by atoms with E-state index >= 15 is 0 Å². The first-order valence-corrected chi connectivity index (χ1v) is 6.23. The molecule has 1 fully saturated rings. The number of benzene rings is 1. The number of hydrogen-bond donors (Lipinski definition) is 2. The Labute approximate surface area is 104 Å². The second-order valence-electron chi connectivity index (χ2n) is 3.79. The van der Waals surface area contributed by atoms with Crippen LogP contribution in [-0.4, -0.2) is 19.3 Å². The molecule has 0 bridgehead atoms. The van der Waals surface area contributed by atoms with Crippen molar-refractivity contribution in [3.63, 3.8) is 0 Å². The summed E-state index contributed by atoms with van der Waals surface area (Å²) in [6.45, 7) is 1.67. The van der Waals surface area contributed by atoms with Crippen molar-refractivity contribution in [2.24, 2.45) is 0 Å². The van der Waals surface area contributed by atoms with Gasteiger partial charge in [-0.15, -0.1) is 0 Å². The molecule has 3 N–H and O–H groups in total. The first-order valence-electron chi connectivity index (χ1n) is 5.15. The molecule has 1 heterocycles. The Hall–Kier alpha value is -0.490. The molecule has 15 heavy (non-hydrogen) atoms. The Kier molecular flexibility index (Phi) is 3.69. The van der Waals surface area contributed by atoms with Crippen molar-refractivity contribution < 1.29 is 4.74 Å². The second kappa shape index (κ2) is 5.03. The first kappa shape index (κ1) is 11.0. The quantitative estimate of drug-likeness (QED) is 0.650. The highest BCUT2D eigenvalue weighted by molar-refractivity contribution is 14.1. The van der Waals surface area contributed by atoms with E-state index in [1.807, 2.05) is 12.1 Å². The van der Waals surface area contributed by atoms with Crippen LogP contribution < -0.4 is 11.1 Å². The summed E-state index contributed by atoms with van der Waals surface area (Å²) in [6, 6.07) is 6.47. The Morgan fingerprint density at radius 1 is 1.47 bits per heavy atom. The van der Waals surface area contributed by atoms with Gasteiger partial charge in [0.1, 0.15) is 0 Å². The van der Waals surface area contributed by atoms with Crippen LogP contribution in [0.15, 0.2) is 18.2 Å². The molecule has 0 aromatic heterocycles.